The Kier molecular flexibility index (Phi) is 21.1. The summed E-state index contributed by atoms with van der Waals surface area (Å²) in [6.07, 6.45) is 13.7. The van der Waals surface area contributed by atoms with Crippen molar-refractivity contribution in [2.24, 2.45) is 5.29 Å². The van der Waals surface area contributed by atoms with Gasteiger partial charge in [0.15, 0.2) is 6.29 Å². The second-order valence-corrected chi connectivity index (χ2v) is 10.9. The molecule has 12 heteroatoms. The minimum Gasteiger partial charge on any atom is -0.463 e. The molecule has 11 nitrogen and oxygen atoms in total. The summed E-state index contributed by atoms with van der Waals surface area (Å²) in [6.45, 7) is 1.84. The Balaban J connectivity index is 2.17. The number of amides is 2. The van der Waals surface area contributed by atoms with Gasteiger partial charge in [0.05, 0.1) is 11.8 Å². The second kappa shape index (κ2) is 23.1. The van der Waals surface area contributed by atoms with Gasteiger partial charge in [0.1, 0.15) is 31.0 Å². The normalized spacial score (nSPS) is 22.6. The Morgan fingerprint density at radius 2 is 1.43 bits per heavy atom. The lowest BCUT2D eigenvalue weighted by molar-refractivity contribution is -0.263. The summed E-state index contributed by atoms with van der Waals surface area (Å²) in [5.41, 5.74) is 0. The molecule has 0 aromatic heterocycles. The van der Waals surface area contributed by atoms with E-state index in [2.05, 4.69) is 17.5 Å². The van der Waals surface area contributed by atoms with Crippen molar-refractivity contribution in [3.63, 3.8) is 0 Å². The van der Waals surface area contributed by atoms with E-state index in [0.29, 0.717) is 5.01 Å². The standard InChI is InChI=1S/C28H52ClN3O8/c1-3-4-5-6-7-8-9-10-11-12-13-14-15-16-17-18-23(33)39-21-22-25(34)26(35)24(27(38-2)40-22)30-28(36)32(31-37)20-19-29/h22,24-27,34-35H,3-21H2,1-2H3,(H,30,36). The van der Waals surface area contributed by atoms with Crippen LogP contribution in [0.4, 0.5) is 4.79 Å². The van der Waals surface area contributed by atoms with Crippen LogP contribution in [0.3, 0.4) is 0 Å². The van der Waals surface area contributed by atoms with Crippen LogP contribution in [0.15, 0.2) is 5.29 Å². The Bertz CT molecular complexity index is 688. The summed E-state index contributed by atoms with van der Waals surface area (Å²) in [6, 6.07) is -2.12. The quantitative estimate of drug-likeness (QED) is 0.0482. The van der Waals surface area contributed by atoms with Crippen LogP contribution < -0.4 is 5.32 Å². The highest BCUT2D eigenvalue weighted by Crippen LogP contribution is 2.23. The molecule has 1 aliphatic rings. The lowest BCUT2D eigenvalue weighted by atomic mass is 9.97. The van der Waals surface area contributed by atoms with E-state index in [9.17, 15) is 24.7 Å². The van der Waals surface area contributed by atoms with Crippen LogP contribution >= 0.6 is 11.6 Å². The van der Waals surface area contributed by atoms with Gasteiger partial charge in [-0.1, -0.05) is 96.8 Å². The first kappa shape index (κ1) is 36.5. The van der Waals surface area contributed by atoms with Gasteiger partial charge in [0.2, 0.25) is 0 Å². The number of carbonyl (C=O) groups excluding carboxylic acids is 2. The zero-order valence-corrected chi connectivity index (χ0v) is 25.2. The number of nitroso groups, excluding NO2 is 1. The maximum atomic E-state index is 12.2. The molecule has 0 saturated carbocycles. The summed E-state index contributed by atoms with van der Waals surface area (Å²) in [7, 11) is 1.29. The van der Waals surface area contributed by atoms with Crippen LogP contribution in [-0.2, 0) is 19.0 Å². The molecule has 0 spiro atoms. The molecule has 0 radical (unpaired) electrons. The Morgan fingerprint density at radius 3 is 1.90 bits per heavy atom. The van der Waals surface area contributed by atoms with E-state index in [1.54, 1.807) is 0 Å². The van der Waals surface area contributed by atoms with Crippen molar-refractivity contribution < 1.29 is 34.0 Å². The first-order valence-corrected chi connectivity index (χ1v) is 15.6. The molecule has 2 amide bonds. The van der Waals surface area contributed by atoms with Crippen LogP contribution in [0.1, 0.15) is 110 Å². The van der Waals surface area contributed by atoms with Crippen molar-refractivity contribution in [2.45, 2.75) is 140 Å². The smallest absolute Gasteiger partial charge is 0.340 e. The first-order valence-electron chi connectivity index (χ1n) is 15.1. The zero-order chi connectivity index (χ0) is 29.6. The highest BCUT2D eigenvalue weighted by atomic mass is 35.5. The first-order chi connectivity index (χ1) is 19.4. The van der Waals surface area contributed by atoms with Gasteiger partial charge in [0, 0.05) is 19.4 Å². The number of unbranched alkanes of at least 4 members (excludes halogenated alkanes) is 14. The number of halogens is 1. The molecule has 0 aromatic carbocycles. The van der Waals surface area contributed by atoms with E-state index in [0.717, 1.165) is 19.3 Å². The average molecular weight is 594 g/mol. The molecule has 5 atom stereocenters. The lowest BCUT2D eigenvalue weighted by Crippen LogP contribution is -2.65. The number of rotatable bonds is 23. The SMILES string of the molecule is CCCCCCCCCCCCCCCCCC(=O)OCC1OC(OC)C(NC(=O)N(CCCl)N=O)C(O)C1O. The Morgan fingerprint density at radius 1 is 0.900 bits per heavy atom. The molecule has 1 rings (SSSR count). The third kappa shape index (κ3) is 14.9. The lowest BCUT2D eigenvalue weighted by Gasteiger charge is -2.42. The summed E-state index contributed by atoms with van der Waals surface area (Å²) >= 11 is 5.54. The molecule has 0 aromatic rings. The molecular formula is C28H52ClN3O8. The fourth-order valence-electron chi connectivity index (χ4n) is 4.79. The van der Waals surface area contributed by atoms with Crippen LogP contribution in [0, 0.1) is 4.91 Å². The number of nitrogens with zero attached hydrogens (tertiary/aromatic N) is 2. The highest BCUT2D eigenvalue weighted by Gasteiger charge is 2.46. The number of hydrogen-bond donors (Lipinski definition) is 3. The number of carbonyl (C=O) groups is 2. The number of ether oxygens (including phenoxy) is 3. The molecule has 40 heavy (non-hydrogen) atoms. The van der Waals surface area contributed by atoms with E-state index < -0.39 is 42.6 Å². The number of aliphatic hydroxyl groups excluding tert-OH is 2. The number of urea groups is 1. The van der Waals surface area contributed by atoms with Gasteiger partial charge in [0.25, 0.3) is 0 Å². The van der Waals surface area contributed by atoms with E-state index in [4.69, 9.17) is 25.8 Å². The molecule has 0 aliphatic carbocycles. The molecule has 1 saturated heterocycles. The predicted molar refractivity (Wildman–Crippen MR) is 154 cm³/mol. The summed E-state index contributed by atoms with van der Waals surface area (Å²) in [5, 5.41) is 26.5. The fourth-order valence-corrected chi connectivity index (χ4v) is 4.95. The van der Waals surface area contributed by atoms with E-state index in [1.165, 1.54) is 84.2 Å². The topological polar surface area (TPSA) is 147 Å². The van der Waals surface area contributed by atoms with Crippen molar-refractivity contribution in [2.75, 3.05) is 26.1 Å². The van der Waals surface area contributed by atoms with Gasteiger partial charge >= 0.3 is 12.0 Å². The monoisotopic (exact) mass is 593 g/mol. The molecule has 1 fully saturated rings. The molecule has 0 bridgehead atoms. The van der Waals surface area contributed by atoms with Gasteiger partial charge in [-0.3, -0.25) is 4.79 Å². The maximum absolute atomic E-state index is 12.2. The number of nitrogens with one attached hydrogen (secondary N) is 1. The van der Waals surface area contributed by atoms with E-state index >= 15 is 0 Å². The fraction of sp³-hybridized carbons (Fsp3) is 0.929. The van der Waals surface area contributed by atoms with E-state index in [1.807, 2.05) is 0 Å². The van der Waals surface area contributed by atoms with Crippen LogP contribution in [0.25, 0.3) is 0 Å². The predicted octanol–water partition coefficient (Wildman–Crippen LogP) is 5.18. The molecule has 1 aliphatic heterocycles. The van der Waals surface area contributed by atoms with Gasteiger partial charge in [-0.25, -0.2) is 4.79 Å². The highest BCUT2D eigenvalue weighted by molar-refractivity contribution is 6.18. The molecule has 3 N–H and O–H groups in total. The third-order valence-electron chi connectivity index (χ3n) is 7.25. The molecule has 5 unspecified atom stereocenters. The number of hydrogen-bond acceptors (Lipinski definition) is 9. The van der Waals surface area contributed by atoms with Crippen LogP contribution in [-0.4, -0.2) is 84.0 Å². The minimum absolute atomic E-state index is 0.0218. The summed E-state index contributed by atoms with van der Waals surface area (Å²) < 4.78 is 16.1. The molecule has 234 valence electrons. The summed E-state index contributed by atoms with van der Waals surface area (Å²) in [4.78, 5) is 35.2. The van der Waals surface area contributed by atoms with Gasteiger partial charge in [-0.15, -0.1) is 16.5 Å². The van der Waals surface area contributed by atoms with Crippen molar-refractivity contribution in [3.05, 3.63) is 4.91 Å². The molecule has 1 heterocycles. The number of alkyl halides is 1. The van der Waals surface area contributed by atoms with Crippen molar-refractivity contribution >= 4 is 23.6 Å². The zero-order valence-electron chi connectivity index (χ0n) is 24.4. The number of methoxy groups -OCH3 is 1. The minimum atomic E-state index is -1.51. The van der Waals surface area contributed by atoms with Crippen LogP contribution in [0.2, 0.25) is 0 Å². The largest absolute Gasteiger partial charge is 0.463 e. The van der Waals surface area contributed by atoms with Crippen molar-refractivity contribution in [3.8, 4) is 0 Å². The van der Waals surface area contributed by atoms with Crippen molar-refractivity contribution in [1.29, 1.82) is 0 Å². The average Bonchev–Trinajstić information content (AvgIpc) is 2.95. The number of aliphatic hydroxyl groups is 2. The van der Waals surface area contributed by atoms with Gasteiger partial charge in [-0.05, 0) is 6.42 Å². The van der Waals surface area contributed by atoms with Crippen LogP contribution in [0.5, 0.6) is 0 Å². The summed E-state index contributed by atoms with van der Waals surface area (Å²) in [5.74, 6) is -0.426. The Hall–Kier alpha value is -1.53. The number of esters is 1. The van der Waals surface area contributed by atoms with Gasteiger partial charge in [-0.2, -0.15) is 5.01 Å². The second-order valence-electron chi connectivity index (χ2n) is 10.5. The maximum Gasteiger partial charge on any atom is 0.340 e. The van der Waals surface area contributed by atoms with E-state index in [-0.39, 0.29) is 25.5 Å². The van der Waals surface area contributed by atoms with Gasteiger partial charge < -0.3 is 29.7 Å². The Labute approximate surface area is 244 Å². The third-order valence-corrected chi connectivity index (χ3v) is 7.41. The molecular weight excluding hydrogens is 542 g/mol. The van der Waals surface area contributed by atoms with Crippen molar-refractivity contribution in [1.82, 2.24) is 10.3 Å².